The summed E-state index contributed by atoms with van der Waals surface area (Å²) < 4.78 is 11.5. The standard InChI is InChI=1S/C13H24N2O2/c1-10-7-12(8-11(2)17-10)16-6-4-5-13(3,15)9-14/h10-12H,4-8,15H2,1-3H3. The molecule has 0 radical (unpaired) electrons. The fourth-order valence-corrected chi connectivity index (χ4v) is 2.23. The molecule has 3 atom stereocenters. The molecule has 4 nitrogen and oxygen atoms in total. The Labute approximate surface area is 104 Å². The van der Waals surface area contributed by atoms with Gasteiger partial charge in [0.2, 0.25) is 0 Å². The Bertz CT molecular complexity index is 263. The van der Waals surface area contributed by atoms with Gasteiger partial charge in [-0.15, -0.1) is 0 Å². The van der Waals surface area contributed by atoms with Crippen LogP contribution in [0.1, 0.15) is 46.5 Å². The third-order valence-corrected chi connectivity index (χ3v) is 3.10. The fourth-order valence-electron chi connectivity index (χ4n) is 2.23. The monoisotopic (exact) mass is 240 g/mol. The van der Waals surface area contributed by atoms with E-state index in [9.17, 15) is 0 Å². The second-order valence-electron chi connectivity index (χ2n) is 5.35. The molecule has 0 aliphatic carbocycles. The highest BCUT2D eigenvalue weighted by Gasteiger charge is 2.25. The molecule has 0 aromatic carbocycles. The largest absolute Gasteiger partial charge is 0.378 e. The third kappa shape index (κ3) is 5.49. The molecule has 0 bridgehead atoms. The average molecular weight is 240 g/mol. The van der Waals surface area contributed by atoms with Gasteiger partial charge in [0.1, 0.15) is 5.54 Å². The van der Waals surface area contributed by atoms with Crippen LogP contribution in [-0.4, -0.2) is 30.5 Å². The second-order valence-corrected chi connectivity index (χ2v) is 5.35. The summed E-state index contributed by atoms with van der Waals surface area (Å²) in [6.45, 7) is 6.60. The number of ether oxygens (including phenoxy) is 2. The van der Waals surface area contributed by atoms with Gasteiger partial charge in [-0.3, -0.25) is 0 Å². The highest BCUT2D eigenvalue weighted by atomic mass is 16.5. The number of hydrogen-bond acceptors (Lipinski definition) is 4. The number of rotatable bonds is 5. The molecule has 2 N–H and O–H groups in total. The lowest BCUT2D eigenvalue weighted by atomic mass is 9.99. The van der Waals surface area contributed by atoms with Gasteiger partial charge in [0, 0.05) is 6.61 Å². The van der Waals surface area contributed by atoms with E-state index in [0.29, 0.717) is 19.1 Å². The first kappa shape index (κ1) is 14.4. The summed E-state index contributed by atoms with van der Waals surface area (Å²) in [4.78, 5) is 0. The maximum Gasteiger partial charge on any atom is 0.101 e. The van der Waals surface area contributed by atoms with Crippen LogP contribution in [0.4, 0.5) is 0 Å². The number of hydrogen-bond donors (Lipinski definition) is 1. The van der Waals surface area contributed by atoms with Crippen molar-refractivity contribution in [2.75, 3.05) is 6.61 Å². The van der Waals surface area contributed by atoms with E-state index in [1.165, 1.54) is 0 Å². The van der Waals surface area contributed by atoms with Gasteiger partial charge in [-0.05, 0) is 46.5 Å². The van der Waals surface area contributed by atoms with E-state index in [2.05, 4.69) is 19.9 Å². The number of nitrogens with zero attached hydrogens (tertiary/aromatic N) is 1. The van der Waals surface area contributed by atoms with Gasteiger partial charge in [0.05, 0.1) is 24.4 Å². The molecule has 98 valence electrons. The maximum absolute atomic E-state index is 8.78. The summed E-state index contributed by atoms with van der Waals surface area (Å²) in [7, 11) is 0. The van der Waals surface area contributed by atoms with E-state index in [1.54, 1.807) is 6.92 Å². The minimum absolute atomic E-state index is 0.280. The Morgan fingerprint density at radius 1 is 1.41 bits per heavy atom. The second kappa shape index (κ2) is 6.34. The van der Waals surface area contributed by atoms with Crippen molar-refractivity contribution in [3.63, 3.8) is 0 Å². The molecular formula is C13H24N2O2. The van der Waals surface area contributed by atoms with E-state index in [0.717, 1.165) is 19.3 Å². The van der Waals surface area contributed by atoms with Gasteiger partial charge in [0.25, 0.3) is 0 Å². The van der Waals surface area contributed by atoms with Crippen molar-refractivity contribution in [3.05, 3.63) is 0 Å². The Hall–Kier alpha value is -0.630. The van der Waals surface area contributed by atoms with Gasteiger partial charge < -0.3 is 15.2 Å². The van der Waals surface area contributed by atoms with E-state index in [4.69, 9.17) is 20.5 Å². The molecule has 1 heterocycles. The van der Waals surface area contributed by atoms with Gasteiger partial charge >= 0.3 is 0 Å². The molecule has 0 spiro atoms. The molecular weight excluding hydrogens is 216 g/mol. The molecule has 1 rings (SSSR count). The molecule has 1 aliphatic heterocycles. The predicted octanol–water partition coefficient (Wildman–Crippen LogP) is 1.98. The van der Waals surface area contributed by atoms with Gasteiger partial charge in [-0.25, -0.2) is 0 Å². The normalized spacial score (nSPS) is 32.8. The minimum atomic E-state index is -0.723. The van der Waals surface area contributed by atoms with Gasteiger partial charge in [-0.2, -0.15) is 5.26 Å². The summed E-state index contributed by atoms with van der Waals surface area (Å²) in [5.41, 5.74) is 5.02. The molecule has 3 unspecified atom stereocenters. The molecule has 0 amide bonds. The molecule has 17 heavy (non-hydrogen) atoms. The van der Waals surface area contributed by atoms with Crippen LogP contribution in [0.5, 0.6) is 0 Å². The first-order valence-electron chi connectivity index (χ1n) is 6.40. The topological polar surface area (TPSA) is 68.3 Å². The molecule has 1 aliphatic rings. The third-order valence-electron chi connectivity index (χ3n) is 3.10. The Balaban J connectivity index is 2.17. The van der Waals surface area contributed by atoms with Crippen molar-refractivity contribution in [1.82, 2.24) is 0 Å². The summed E-state index contributed by atoms with van der Waals surface area (Å²) in [6.07, 6.45) is 4.29. The molecule has 4 heteroatoms. The summed E-state index contributed by atoms with van der Waals surface area (Å²) in [5, 5.41) is 8.78. The number of nitriles is 1. The lowest BCUT2D eigenvalue weighted by Gasteiger charge is -2.32. The molecule has 0 aromatic rings. The summed E-state index contributed by atoms with van der Waals surface area (Å²) in [5.74, 6) is 0. The molecule has 0 saturated carbocycles. The molecule has 1 saturated heterocycles. The van der Waals surface area contributed by atoms with Crippen molar-refractivity contribution in [2.45, 2.75) is 70.3 Å². The highest BCUT2D eigenvalue weighted by Crippen LogP contribution is 2.22. The fraction of sp³-hybridized carbons (Fsp3) is 0.923. The van der Waals surface area contributed by atoms with E-state index < -0.39 is 5.54 Å². The minimum Gasteiger partial charge on any atom is -0.378 e. The zero-order chi connectivity index (χ0) is 12.9. The van der Waals surface area contributed by atoms with Crippen molar-refractivity contribution >= 4 is 0 Å². The quantitative estimate of drug-likeness (QED) is 0.746. The van der Waals surface area contributed by atoms with Crippen LogP contribution in [0.2, 0.25) is 0 Å². The lowest BCUT2D eigenvalue weighted by Crippen LogP contribution is -2.36. The van der Waals surface area contributed by atoms with E-state index in [-0.39, 0.29) is 12.2 Å². The lowest BCUT2D eigenvalue weighted by molar-refractivity contribution is -0.102. The van der Waals surface area contributed by atoms with E-state index in [1.807, 2.05) is 0 Å². The number of nitrogens with two attached hydrogens (primary N) is 1. The first-order chi connectivity index (χ1) is 7.93. The average Bonchev–Trinajstić information content (AvgIpc) is 2.23. The van der Waals surface area contributed by atoms with E-state index >= 15 is 0 Å². The Kier molecular flexibility index (Phi) is 5.38. The van der Waals surface area contributed by atoms with Crippen LogP contribution in [0, 0.1) is 11.3 Å². The SMILES string of the molecule is CC1CC(OCCCC(C)(N)C#N)CC(C)O1. The predicted molar refractivity (Wildman–Crippen MR) is 66.4 cm³/mol. The van der Waals surface area contributed by atoms with Gasteiger partial charge in [-0.1, -0.05) is 0 Å². The molecule has 0 aromatic heterocycles. The van der Waals surface area contributed by atoms with Crippen LogP contribution >= 0.6 is 0 Å². The van der Waals surface area contributed by atoms with Crippen LogP contribution in [0.3, 0.4) is 0 Å². The summed E-state index contributed by atoms with van der Waals surface area (Å²) in [6, 6.07) is 2.10. The Morgan fingerprint density at radius 3 is 2.53 bits per heavy atom. The van der Waals surface area contributed by atoms with Crippen molar-refractivity contribution in [3.8, 4) is 6.07 Å². The van der Waals surface area contributed by atoms with Crippen molar-refractivity contribution in [2.24, 2.45) is 5.73 Å². The smallest absolute Gasteiger partial charge is 0.101 e. The van der Waals surface area contributed by atoms with Crippen LogP contribution < -0.4 is 5.73 Å². The zero-order valence-electron chi connectivity index (χ0n) is 11.1. The zero-order valence-corrected chi connectivity index (χ0v) is 11.1. The molecule has 1 fully saturated rings. The maximum atomic E-state index is 8.78. The highest BCUT2D eigenvalue weighted by molar-refractivity contribution is 5.00. The van der Waals surface area contributed by atoms with Crippen LogP contribution in [0.15, 0.2) is 0 Å². The Morgan fingerprint density at radius 2 is 2.00 bits per heavy atom. The van der Waals surface area contributed by atoms with Crippen molar-refractivity contribution in [1.29, 1.82) is 5.26 Å². The van der Waals surface area contributed by atoms with Gasteiger partial charge in [0.15, 0.2) is 0 Å². The van der Waals surface area contributed by atoms with Crippen LogP contribution in [0.25, 0.3) is 0 Å². The van der Waals surface area contributed by atoms with Crippen molar-refractivity contribution < 1.29 is 9.47 Å². The van der Waals surface area contributed by atoms with Crippen LogP contribution in [-0.2, 0) is 9.47 Å². The first-order valence-corrected chi connectivity index (χ1v) is 6.40. The summed E-state index contributed by atoms with van der Waals surface area (Å²) >= 11 is 0.